The molecule has 1 heterocycles. The topological polar surface area (TPSA) is 66.5 Å². The van der Waals surface area contributed by atoms with Gasteiger partial charge in [0.05, 0.1) is 17.0 Å². The molecule has 0 aliphatic carbocycles. The molecule has 0 unspecified atom stereocenters. The molecule has 1 N–H and O–H groups in total. The van der Waals surface area contributed by atoms with Gasteiger partial charge in [0.1, 0.15) is 0 Å². The summed E-state index contributed by atoms with van der Waals surface area (Å²) in [6.45, 7) is 6.93. The summed E-state index contributed by atoms with van der Waals surface area (Å²) in [5.41, 5.74) is -0.615. The molecule has 0 spiro atoms. The maximum absolute atomic E-state index is 12.1. The number of hydrogen-bond acceptors (Lipinski definition) is 4. The minimum Gasteiger partial charge on any atom is -0.339 e. The normalized spacial score (nSPS) is 20.8. The highest BCUT2D eigenvalue weighted by Gasteiger charge is 2.34. The summed E-state index contributed by atoms with van der Waals surface area (Å²) in [5.74, 6) is 0.145. The first-order valence-electron chi connectivity index (χ1n) is 5.53. The zero-order valence-corrected chi connectivity index (χ0v) is 10.9. The van der Waals surface area contributed by atoms with Crippen molar-refractivity contribution in [2.24, 2.45) is 0 Å². The molecule has 0 aromatic carbocycles. The van der Waals surface area contributed by atoms with E-state index in [1.165, 1.54) is 0 Å². The third-order valence-corrected chi connectivity index (χ3v) is 4.39. The van der Waals surface area contributed by atoms with Gasteiger partial charge in [0.15, 0.2) is 9.84 Å². The van der Waals surface area contributed by atoms with Gasteiger partial charge >= 0.3 is 0 Å². The van der Waals surface area contributed by atoms with E-state index >= 15 is 0 Å². The molecule has 0 aromatic rings. The van der Waals surface area contributed by atoms with Crippen LogP contribution >= 0.6 is 0 Å². The fraction of sp³-hybridized carbons (Fsp3) is 0.900. The van der Waals surface area contributed by atoms with Crippen LogP contribution in [0.2, 0.25) is 0 Å². The first kappa shape index (κ1) is 13.4. The van der Waals surface area contributed by atoms with Crippen LogP contribution in [0.25, 0.3) is 0 Å². The Hall–Kier alpha value is -0.620. The fourth-order valence-electron chi connectivity index (χ4n) is 1.83. The van der Waals surface area contributed by atoms with Gasteiger partial charge in [0.25, 0.3) is 0 Å². The van der Waals surface area contributed by atoms with Gasteiger partial charge in [-0.05, 0) is 20.4 Å². The first-order chi connectivity index (χ1) is 7.28. The summed E-state index contributed by atoms with van der Waals surface area (Å²) < 4.78 is 22.5. The van der Waals surface area contributed by atoms with Crippen molar-refractivity contribution in [2.75, 3.05) is 31.1 Å². The number of amides is 1. The number of rotatable bonds is 3. The van der Waals surface area contributed by atoms with Gasteiger partial charge in [-0.25, -0.2) is 8.42 Å². The smallest absolute Gasteiger partial charge is 0.242 e. The van der Waals surface area contributed by atoms with Crippen LogP contribution in [-0.4, -0.2) is 55.9 Å². The molecule has 0 saturated carbocycles. The molecule has 1 saturated heterocycles. The standard InChI is InChI=1S/C10H20N2O3S/c1-4-11-10(2,3)9(13)12-5-7-16(14,15)8-6-12/h11H,4-8H2,1-3H3. The van der Waals surface area contributed by atoms with E-state index in [9.17, 15) is 13.2 Å². The van der Waals surface area contributed by atoms with E-state index < -0.39 is 15.4 Å². The fourth-order valence-corrected chi connectivity index (χ4v) is 3.03. The predicted molar refractivity (Wildman–Crippen MR) is 63.0 cm³/mol. The molecule has 1 fully saturated rings. The van der Waals surface area contributed by atoms with Crippen molar-refractivity contribution in [3.8, 4) is 0 Å². The average Bonchev–Trinajstić information content (AvgIpc) is 2.16. The summed E-state index contributed by atoms with van der Waals surface area (Å²) in [6, 6.07) is 0. The Labute approximate surface area is 97.1 Å². The number of hydrogen-bond donors (Lipinski definition) is 1. The predicted octanol–water partition coefficient (Wildman–Crippen LogP) is -0.368. The van der Waals surface area contributed by atoms with Crippen molar-refractivity contribution in [3.05, 3.63) is 0 Å². The summed E-state index contributed by atoms with van der Waals surface area (Å²) in [5, 5.41) is 3.10. The lowest BCUT2D eigenvalue weighted by Gasteiger charge is -2.34. The van der Waals surface area contributed by atoms with Crippen molar-refractivity contribution in [2.45, 2.75) is 26.3 Å². The maximum atomic E-state index is 12.1. The van der Waals surface area contributed by atoms with Crippen molar-refractivity contribution in [1.82, 2.24) is 10.2 Å². The van der Waals surface area contributed by atoms with E-state index in [2.05, 4.69) is 5.32 Å². The van der Waals surface area contributed by atoms with E-state index in [-0.39, 0.29) is 17.4 Å². The van der Waals surface area contributed by atoms with Gasteiger partial charge in [-0.1, -0.05) is 6.92 Å². The van der Waals surface area contributed by atoms with Crippen molar-refractivity contribution in [3.63, 3.8) is 0 Å². The summed E-state index contributed by atoms with van der Waals surface area (Å²) in [4.78, 5) is 13.7. The third kappa shape index (κ3) is 3.18. The number of carbonyl (C=O) groups is 1. The lowest BCUT2D eigenvalue weighted by atomic mass is 10.0. The number of nitrogens with zero attached hydrogens (tertiary/aromatic N) is 1. The Morgan fingerprint density at radius 3 is 2.25 bits per heavy atom. The van der Waals surface area contributed by atoms with Crippen LogP contribution in [0.5, 0.6) is 0 Å². The van der Waals surface area contributed by atoms with E-state index in [1.54, 1.807) is 4.90 Å². The SMILES string of the molecule is CCNC(C)(C)C(=O)N1CCS(=O)(=O)CC1. The van der Waals surface area contributed by atoms with Gasteiger partial charge < -0.3 is 10.2 Å². The lowest BCUT2D eigenvalue weighted by molar-refractivity contribution is -0.136. The second kappa shape index (κ2) is 4.71. The van der Waals surface area contributed by atoms with Gasteiger partial charge in [0.2, 0.25) is 5.91 Å². The third-order valence-electron chi connectivity index (χ3n) is 2.79. The molecular formula is C10H20N2O3S. The highest BCUT2D eigenvalue weighted by molar-refractivity contribution is 7.91. The van der Waals surface area contributed by atoms with Crippen molar-refractivity contribution < 1.29 is 13.2 Å². The highest BCUT2D eigenvalue weighted by atomic mass is 32.2. The quantitative estimate of drug-likeness (QED) is 0.740. The second-order valence-corrected chi connectivity index (χ2v) is 6.90. The number of likely N-dealkylation sites (N-methyl/N-ethyl adjacent to an activating group) is 1. The van der Waals surface area contributed by atoms with Crippen LogP contribution < -0.4 is 5.32 Å². The Balaban J connectivity index is 2.63. The van der Waals surface area contributed by atoms with E-state index in [1.807, 2.05) is 20.8 Å². The molecule has 5 nitrogen and oxygen atoms in total. The van der Waals surface area contributed by atoms with E-state index in [0.717, 1.165) is 0 Å². The zero-order chi connectivity index (χ0) is 12.4. The summed E-state index contributed by atoms with van der Waals surface area (Å²) in [7, 11) is -2.92. The van der Waals surface area contributed by atoms with E-state index in [0.29, 0.717) is 19.6 Å². The number of nitrogens with one attached hydrogen (secondary N) is 1. The molecule has 1 amide bonds. The molecule has 0 bridgehead atoms. The lowest BCUT2D eigenvalue weighted by Crippen LogP contribution is -2.57. The highest BCUT2D eigenvalue weighted by Crippen LogP contribution is 2.11. The Morgan fingerprint density at radius 2 is 1.81 bits per heavy atom. The van der Waals surface area contributed by atoms with Crippen LogP contribution in [-0.2, 0) is 14.6 Å². The van der Waals surface area contributed by atoms with Gasteiger partial charge in [-0.2, -0.15) is 0 Å². The van der Waals surface area contributed by atoms with Crippen LogP contribution in [0, 0.1) is 0 Å². The monoisotopic (exact) mass is 248 g/mol. The molecule has 0 radical (unpaired) electrons. The minimum atomic E-state index is -2.92. The summed E-state index contributed by atoms with van der Waals surface area (Å²) >= 11 is 0. The average molecular weight is 248 g/mol. The molecule has 1 aliphatic rings. The Bertz CT molecular complexity index is 348. The minimum absolute atomic E-state index is 0.0238. The molecule has 16 heavy (non-hydrogen) atoms. The molecule has 0 aromatic heterocycles. The van der Waals surface area contributed by atoms with Crippen LogP contribution in [0.15, 0.2) is 0 Å². The molecular weight excluding hydrogens is 228 g/mol. The van der Waals surface area contributed by atoms with Crippen LogP contribution in [0.3, 0.4) is 0 Å². The second-order valence-electron chi connectivity index (χ2n) is 4.60. The Kier molecular flexibility index (Phi) is 3.96. The van der Waals surface area contributed by atoms with Crippen LogP contribution in [0.1, 0.15) is 20.8 Å². The maximum Gasteiger partial charge on any atom is 0.242 e. The molecule has 0 atom stereocenters. The molecule has 1 rings (SSSR count). The molecule has 1 aliphatic heterocycles. The Morgan fingerprint density at radius 1 is 1.31 bits per heavy atom. The van der Waals surface area contributed by atoms with Crippen molar-refractivity contribution in [1.29, 1.82) is 0 Å². The van der Waals surface area contributed by atoms with Gasteiger partial charge in [0, 0.05) is 13.1 Å². The van der Waals surface area contributed by atoms with Crippen molar-refractivity contribution >= 4 is 15.7 Å². The van der Waals surface area contributed by atoms with Gasteiger partial charge in [-0.15, -0.1) is 0 Å². The van der Waals surface area contributed by atoms with Crippen LogP contribution in [0.4, 0.5) is 0 Å². The number of carbonyl (C=O) groups excluding carboxylic acids is 1. The number of sulfone groups is 1. The first-order valence-corrected chi connectivity index (χ1v) is 7.35. The zero-order valence-electron chi connectivity index (χ0n) is 10.1. The molecule has 94 valence electrons. The summed E-state index contributed by atoms with van der Waals surface area (Å²) in [6.07, 6.45) is 0. The molecule has 6 heteroatoms. The van der Waals surface area contributed by atoms with E-state index in [4.69, 9.17) is 0 Å². The largest absolute Gasteiger partial charge is 0.339 e. The van der Waals surface area contributed by atoms with Gasteiger partial charge in [-0.3, -0.25) is 4.79 Å².